The first-order valence-electron chi connectivity index (χ1n) is 13.8. The predicted octanol–water partition coefficient (Wildman–Crippen LogP) is 4.24. The minimum absolute atomic E-state index is 0.119. The Morgan fingerprint density at radius 3 is 2.57 bits per heavy atom. The fourth-order valence-electron chi connectivity index (χ4n) is 4.89. The van der Waals surface area contributed by atoms with Crippen LogP contribution in [0.3, 0.4) is 0 Å². The lowest BCUT2D eigenvalue weighted by atomic mass is 10.1. The number of anilines is 1. The zero-order valence-electron chi connectivity index (χ0n) is 23.2. The van der Waals surface area contributed by atoms with Crippen LogP contribution in [0.4, 0.5) is 5.82 Å². The number of pyridine rings is 1. The normalized spacial score (nSPS) is 13.6. The fourth-order valence-corrected chi connectivity index (χ4v) is 4.89. The van der Waals surface area contributed by atoms with E-state index in [9.17, 15) is 9.59 Å². The molecule has 1 fully saturated rings. The van der Waals surface area contributed by atoms with E-state index < -0.39 is 0 Å². The van der Waals surface area contributed by atoms with Gasteiger partial charge in [-0.1, -0.05) is 36.4 Å². The number of ether oxygens (including phenoxy) is 2. The van der Waals surface area contributed by atoms with Crippen molar-refractivity contribution in [2.75, 3.05) is 44.9 Å². The van der Waals surface area contributed by atoms with Crippen LogP contribution < -0.4 is 10.2 Å². The molecule has 0 bridgehead atoms. The summed E-state index contributed by atoms with van der Waals surface area (Å²) < 4.78 is 12.2. The topological polar surface area (TPSA) is 111 Å². The molecule has 0 spiro atoms. The number of nitrogens with zero attached hydrogens (tertiary/aromatic N) is 5. The van der Waals surface area contributed by atoms with Crippen molar-refractivity contribution >= 4 is 46.4 Å². The van der Waals surface area contributed by atoms with Crippen molar-refractivity contribution in [1.82, 2.24) is 24.7 Å². The second kappa shape index (κ2) is 12.2. The molecule has 5 aromatic rings. The van der Waals surface area contributed by atoms with Crippen LogP contribution >= 0.6 is 0 Å². The number of rotatable bonds is 8. The Hall–Kier alpha value is -5.09. The molecule has 4 heterocycles. The summed E-state index contributed by atoms with van der Waals surface area (Å²) in [6.07, 6.45) is 7.86. The third-order valence-corrected chi connectivity index (χ3v) is 7.13. The van der Waals surface area contributed by atoms with Crippen LogP contribution in [0.25, 0.3) is 40.0 Å². The molecule has 42 heavy (non-hydrogen) atoms. The lowest BCUT2D eigenvalue weighted by Gasteiger charge is -2.28. The first kappa shape index (κ1) is 27.1. The van der Waals surface area contributed by atoms with Crippen LogP contribution in [0.5, 0.6) is 0 Å². The maximum atomic E-state index is 12.5. The number of hydrogen-bond acceptors (Lipinski definition) is 8. The van der Waals surface area contributed by atoms with Crippen LogP contribution in [0.2, 0.25) is 0 Å². The molecular formula is C32H30N6O4. The summed E-state index contributed by atoms with van der Waals surface area (Å²) in [5.41, 5.74) is 5.52. The van der Waals surface area contributed by atoms with Gasteiger partial charge in [-0.05, 0) is 36.4 Å². The van der Waals surface area contributed by atoms with Gasteiger partial charge in [-0.25, -0.2) is 15.0 Å². The number of fused-ring (bicyclic) bond motifs is 2. The summed E-state index contributed by atoms with van der Waals surface area (Å²) in [5.74, 6) is 0.173. The summed E-state index contributed by atoms with van der Waals surface area (Å²) >= 11 is 0. The van der Waals surface area contributed by atoms with Gasteiger partial charge >= 0.3 is 5.97 Å². The molecule has 1 saturated heterocycles. The summed E-state index contributed by atoms with van der Waals surface area (Å²) in [6, 6.07) is 19.4. The van der Waals surface area contributed by atoms with Crippen molar-refractivity contribution in [3.63, 3.8) is 0 Å². The Labute approximate surface area is 242 Å². The van der Waals surface area contributed by atoms with Crippen molar-refractivity contribution in [2.24, 2.45) is 0 Å². The van der Waals surface area contributed by atoms with E-state index in [0.29, 0.717) is 18.8 Å². The summed E-state index contributed by atoms with van der Waals surface area (Å²) in [4.78, 5) is 40.6. The monoisotopic (exact) mass is 562 g/mol. The van der Waals surface area contributed by atoms with E-state index in [1.807, 2.05) is 71.4 Å². The zero-order valence-corrected chi connectivity index (χ0v) is 23.2. The number of para-hydroxylation sites is 1. The molecule has 0 saturated carbocycles. The molecule has 1 aliphatic rings. The molecular weight excluding hydrogens is 532 g/mol. The number of aromatic nitrogens is 4. The Morgan fingerprint density at radius 1 is 0.976 bits per heavy atom. The van der Waals surface area contributed by atoms with Gasteiger partial charge in [0, 0.05) is 42.3 Å². The quantitative estimate of drug-likeness (QED) is 0.280. The first-order valence-corrected chi connectivity index (χ1v) is 13.8. The average molecular weight is 563 g/mol. The summed E-state index contributed by atoms with van der Waals surface area (Å²) in [7, 11) is 1.32. The molecule has 10 nitrogen and oxygen atoms in total. The molecule has 1 amide bonds. The van der Waals surface area contributed by atoms with Gasteiger partial charge in [0.1, 0.15) is 0 Å². The number of nitrogens with one attached hydrogen (secondary N) is 1. The molecule has 3 aromatic heterocycles. The number of esters is 1. The molecule has 0 unspecified atom stereocenters. The van der Waals surface area contributed by atoms with Crippen molar-refractivity contribution in [3.8, 4) is 11.3 Å². The van der Waals surface area contributed by atoms with Crippen molar-refractivity contribution in [2.45, 2.75) is 6.42 Å². The highest BCUT2D eigenvalue weighted by molar-refractivity contribution is 5.95. The molecule has 2 aromatic carbocycles. The molecule has 0 aliphatic carbocycles. The second-order valence-corrected chi connectivity index (χ2v) is 9.85. The Bertz CT molecular complexity index is 1770. The van der Waals surface area contributed by atoms with E-state index in [1.54, 1.807) is 12.1 Å². The van der Waals surface area contributed by atoms with Crippen molar-refractivity contribution in [3.05, 3.63) is 90.0 Å². The number of carbonyl (C=O) groups is 2. The number of hydrogen-bond donors (Lipinski definition) is 1. The number of imidazole rings is 1. The van der Waals surface area contributed by atoms with Gasteiger partial charge < -0.3 is 19.7 Å². The third kappa shape index (κ3) is 5.84. The van der Waals surface area contributed by atoms with Crippen LogP contribution in [-0.4, -0.2) is 71.2 Å². The molecule has 10 heteroatoms. The maximum absolute atomic E-state index is 12.5. The highest BCUT2D eigenvalue weighted by atomic mass is 16.5. The van der Waals surface area contributed by atoms with Gasteiger partial charge in [-0.2, -0.15) is 0 Å². The fraction of sp³-hybridized carbons (Fsp3) is 0.219. The van der Waals surface area contributed by atoms with Crippen LogP contribution in [0.15, 0.2) is 73.1 Å². The third-order valence-electron chi connectivity index (χ3n) is 7.13. The molecule has 0 atom stereocenters. The van der Waals surface area contributed by atoms with Gasteiger partial charge in [0.05, 0.1) is 55.5 Å². The smallest absolute Gasteiger partial charge is 0.307 e. The number of benzene rings is 2. The maximum Gasteiger partial charge on any atom is 0.307 e. The Balaban J connectivity index is 1.31. The minimum atomic E-state index is -0.370. The number of carbonyl (C=O) groups excluding carboxylic acids is 2. The minimum Gasteiger partial charge on any atom is -0.469 e. The Morgan fingerprint density at radius 2 is 1.76 bits per heavy atom. The molecule has 1 N–H and O–H groups in total. The highest BCUT2D eigenvalue weighted by Gasteiger charge is 2.20. The predicted molar refractivity (Wildman–Crippen MR) is 161 cm³/mol. The largest absolute Gasteiger partial charge is 0.469 e. The van der Waals surface area contributed by atoms with Crippen LogP contribution in [-0.2, 0) is 14.3 Å². The van der Waals surface area contributed by atoms with Gasteiger partial charge in [0.25, 0.3) is 5.91 Å². The Kier molecular flexibility index (Phi) is 7.87. The molecule has 212 valence electrons. The van der Waals surface area contributed by atoms with Crippen LogP contribution in [0, 0.1) is 0 Å². The van der Waals surface area contributed by atoms with E-state index in [4.69, 9.17) is 19.7 Å². The van der Waals surface area contributed by atoms with E-state index in [1.165, 1.54) is 7.11 Å². The number of morpholine rings is 1. The lowest BCUT2D eigenvalue weighted by Crippen LogP contribution is -2.37. The van der Waals surface area contributed by atoms with E-state index in [-0.39, 0.29) is 24.8 Å². The molecule has 6 rings (SSSR count). The van der Waals surface area contributed by atoms with Gasteiger partial charge in [0.15, 0.2) is 11.5 Å². The second-order valence-electron chi connectivity index (χ2n) is 9.85. The SMILES string of the molecule is COC(=O)CCNC(=O)c1ccc(-c2cnc(N3CCOCC3)c3nc(/C=C/c4ccc5ccccc5n4)cn23)cc1. The number of methoxy groups -OCH3 is 1. The molecule has 1 aliphatic heterocycles. The summed E-state index contributed by atoms with van der Waals surface area (Å²) in [6.45, 7) is 2.96. The van der Waals surface area contributed by atoms with Gasteiger partial charge in [-0.3, -0.25) is 14.0 Å². The lowest BCUT2D eigenvalue weighted by molar-refractivity contribution is -0.140. The standard InChI is InChI=1S/C32H30N6O4/c1-41-29(39)14-15-33-32(40)24-8-6-23(7-9-24)28-20-34-30(37-16-18-42-19-17-37)31-36-26(21-38(28)31)13-12-25-11-10-22-4-2-3-5-27(22)35-25/h2-13,20-21H,14-19H2,1H3,(H,33,40)/b13-12+. The van der Waals surface area contributed by atoms with Crippen molar-refractivity contribution in [1.29, 1.82) is 0 Å². The van der Waals surface area contributed by atoms with E-state index in [0.717, 1.165) is 58.1 Å². The van der Waals surface area contributed by atoms with Crippen LogP contribution in [0.1, 0.15) is 28.2 Å². The summed E-state index contributed by atoms with van der Waals surface area (Å²) in [5, 5.41) is 3.84. The van der Waals surface area contributed by atoms with E-state index in [2.05, 4.69) is 21.0 Å². The number of amides is 1. The highest BCUT2D eigenvalue weighted by Crippen LogP contribution is 2.28. The average Bonchev–Trinajstić information content (AvgIpc) is 3.48. The zero-order chi connectivity index (χ0) is 28.9. The molecule has 0 radical (unpaired) electrons. The van der Waals surface area contributed by atoms with Crippen molar-refractivity contribution < 1.29 is 19.1 Å². The van der Waals surface area contributed by atoms with Gasteiger partial charge in [0.2, 0.25) is 0 Å². The van der Waals surface area contributed by atoms with Gasteiger partial charge in [-0.15, -0.1) is 0 Å². The van der Waals surface area contributed by atoms with E-state index >= 15 is 0 Å². The first-order chi connectivity index (χ1) is 20.6.